The van der Waals surface area contributed by atoms with Crippen LogP contribution in [0.4, 0.5) is 5.69 Å². The van der Waals surface area contributed by atoms with Crippen molar-refractivity contribution in [1.29, 1.82) is 0 Å². The van der Waals surface area contributed by atoms with Crippen LogP contribution in [-0.2, 0) is 6.54 Å². The molecule has 0 spiro atoms. The van der Waals surface area contributed by atoms with Gasteiger partial charge in [-0.05, 0) is 34.5 Å². The summed E-state index contributed by atoms with van der Waals surface area (Å²) >= 11 is 1.66. The normalized spacial score (nSPS) is 11.4. The van der Waals surface area contributed by atoms with Gasteiger partial charge in [0.05, 0.1) is 6.54 Å². The zero-order chi connectivity index (χ0) is 11.2. The molecule has 3 nitrogen and oxygen atoms in total. The number of hydrogen-bond acceptors (Lipinski definition) is 2. The molecule has 0 aliphatic heterocycles. The van der Waals surface area contributed by atoms with Crippen molar-refractivity contribution in [2.75, 3.05) is 5.32 Å². The highest BCUT2D eigenvalue weighted by molar-refractivity contribution is 7.07. The third-order valence-electron chi connectivity index (χ3n) is 2.06. The maximum Gasteiger partial charge on any atom is 0.193 e. The third-order valence-corrected chi connectivity index (χ3v) is 2.79. The number of rotatable bonds is 3. The SMILES string of the molecule is NC(=NCc1ccsc1)Nc1ccccc1. The second-order valence-electron chi connectivity index (χ2n) is 3.32. The highest BCUT2D eigenvalue weighted by Crippen LogP contribution is 2.07. The molecule has 0 saturated carbocycles. The van der Waals surface area contributed by atoms with Crippen molar-refractivity contribution in [3.63, 3.8) is 0 Å². The highest BCUT2D eigenvalue weighted by Gasteiger charge is 1.94. The summed E-state index contributed by atoms with van der Waals surface area (Å²) in [7, 11) is 0. The van der Waals surface area contributed by atoms with Crippen LogP contribution in [0.25, 0.3) is 0 Å². The maximum absolute atomic E-state index is 5.76. The monoisotopic (exact) mass is 231 g/mol. The summed E-state index contributed by atoms with van der Waals surface area (Å²) in [6, 6.07) is 11.8. The van der Waals surface area contributed by atoms with E-state index in [0.29, 0.717) is 12.5 Å². The Balaban J connectivity index is 1.93. The van der Waals surface area contributed by atoms with Crippen LogP contribution in [0.1, 0.15) is 5.56 Å². The van der Waals surface area contributed by atoms with Gasteiger partial charge >= 0.3 is 0 Å². The van der Waals surface area contributed by atoms with E-state index in [1.807, 2.05) is 41.8 Å². The molecule has 0 bridgehead atoms. The number of anilines is 1. The average molecular weight is 231 g/mol. The number of guanidine groups is 1. The minimum atomic E-state index is 0.442. The number of nitrogens with zero attached hydrogens (tertiary/aromatic N) is 1. The number of benzene rings is 1. The standard InChI is InChI=1S/C12H13N3S/c13-12(14-8-10-6-7-16-9-10)15-11-4-2-1-3-5-11/h1-7,9H,8H2,(H3,13,14,15). The van der Waals surface area contributed by atoms with Crippen molar-refractivity contribution in [1.82, 2.24) is 0 Å². The minimum absolute atomic E-state index is 0.442. The van der Waals surface area contributed by atoms with Crippen molar-refractivity contribution in [2.24, 2.45) is 10.7 Å². The first-order valence-corrected chi connectivity index (χ1v) is 5.92. The minimum Gasteiger partial charge on any atom is -0.370 e. The van der Waals surface area contributed by atoms with Gasteiger partial charge in [0, 0.05) is 5.69 Å². The number of para-hydroxylation sites is 1. The molecule has 82 valence electrons. The van der Waals surface area contributed by atoms with Crippen LogP contribution in [0.2, 0.25) is 0 Å². The van der Waals surface area contributed by atoms with Gasteiger partial charge in [0.1, 0.15) is 0 Å². The molecule has 4 heteroatoms. The molecule has 0 atom stereocenters. The second-order valence-corrected chi connectivity index (χ2v) is 4.10. The molecule has 0 saturated heterocycles. The Bertz CT molecular complexity index is 448. The summed E-state index contributed by atoms with van der Waals surface area (Å²) in [4.78, 5) is 4.25. The lowest BCUT2D eigenvalue weighted by Gasteiger charge is -2.04. The first-order chi connectivity index (χ1) is 7.84. The molecule has 0 fully saturated rings. The summed E-state index contributed by atoms with van der Waals surface area (Å²) in [5, 5.41) is 7.14. The van der Waals surface area contributed by atoms with Gasteiger partial charge in [0.25, 0.3) is 0 Å². The first-order valence-electron chi connectivity index (χ1n) is 4.97. The van der Waals surface area contributed by atoms with E-state index in [2.05, 4.69) is 15.7 Å². The summed E-state index contributed by atoms with van der Waals surface area (Å²) in [6.07, 6.45) is 0. The van der Waals surface area contributed by atoms with Crippen molar-refractivity contribution in [3.05, 3.63) is 52.7 Å². The van der Waals surface area contributed by atoms with E-state index in [4.69, 9.17) is 5.73 Å². The third kappa shape index (κ3) is 3.10. The molecular weight excluding hydrogens is 218 g/mol. The largest absolute Gasteiger partial charge is 0.370 e. The molecule has 0 radical (unpaired) electrons. The van der Waals surface area contributed by atoms with Gasteiger partial charge in [0.15, 0.2) is 5.96 Å². The van der Waals surface area contributed by atoms with E-state index >= 15 is 0 Å². The molecule has 1 aromatic carbocycles. The molecule has 0 amide bonds. The first kappa shape index (κ1) is 10.7. The number of nitrogens with two attached hydrogens (primary N) is 1. The van der Waals surface area contributed by atoms with Gasteiger partial charge in [-0.1, -0.05) is 18.2 Å². The fraction of sp³-hybridized carbons (Fsp3) is 0.0833. The zero-order valence-corrected chi connectivity index (χ0v) is 9.58. The molecule has 0 unspecified atom stereocenters. The number of aliphatic imine (C=N–C) groups is 1. The van der Waals surface area contributed by atoms with E-state index in [0.717, 1.165) is 5.69 Å². The van der Waals surface area contributed by atoms with Gasteiger partial charge in [-0.3, -0.25) is 0 Å². The Hall–Kier alpha value is -1.81. The van der Waals surface area contributed by atoms with Crippen LogP contribution in [-0.4, -0.2) is 5.96 Å². The van der Waals surface area contributed by atoms with Gasteiger partial charge < -0.3 is 11.1 Å². The summed E-state index contributed by atoms with van der Waals surface area (Å²) < 4.78 is 0. The zero-order valence-electron chi connectivity index (χ0n) is 8.76. The van der Waals surface area contributed by atoms with E-state index < -0.39 is 0 Å². The van der Waals surface area contributed by atoms with E-state index in [1.165, 1.54) is 5.56 Å². The highest BCUT2D eigenvalue weighted by atomic mass is 32.1. The Kier molecular flexibility index (Phi) is 3.56. The van der Waals surface area contributed by atoms with Crippen LogP contribution in [0.15, 0.2) is 52.2 Å². The van der Waals surface area contributed by atoms with Crippen LogP contribution in [0, 0.1) is 0 Å². The van der Waals surface area contributed by atoms with Gasteiger partial charge in [-0.25, -0.2) is 4.99 Å². The van der Waals surface area contributed by atoms with E-state index in [9.17, 15) is 0 Å². The number of thiophene rings is 1. The van der Waals surface area contributed by atoms with Crippen molar-refractivity contribution in [3.8, 4) is 0 Å². The maximum atomic E-state index is 5.76. The molecule has 2 aromatic rings. The van der Waals surface area contributed by atoms with Crippen LogP contribution >= 0.6 is 11.3 Å². The van der Waals surface area contributed by atoms with Crippen LogP contribution in [0.5, 0.6) is 0 Å². The van der Waals surface area contributed by atoms with E-state index in [1.54, 1.807) is 11.3 Å². The Morgan fingerprint density at radius 1 is 1.25 bits per heavy atom. The quantitative estimate of drug-likeness (QED) is 0.630. The van der Waals surface area contributed by atoms with Crippen molar-refractivity contribution < 1.29 is 0 Å². The molecular formula is C12H13N3S. The Morgan fingerprint density at radius 3 is 2.75 bits per heavy atom. The average Bonchev–Trinajstić information content (AvgIpc) is 2.81. The Labute approximate surface area is 98.6 Å². The smallest absolute Gasteiger partial charge is 0.193 e. The molecule has 1 aromatic heterocycles. The van der Waals surface area contributed by atoms with Crippen molar-refractivity contribution in [2.45, 2.75) is 6.54 Å². The second kappa shape index (κ2) is 5.32. The Morgan fingerprint density at radius 2 is 2.06 bits per heavy atom. The lowest BCUT2D eigenvalue weighted by Crippen LogP contribution is -2.22. The summed E-state index contributed by atoms with van der Waals surface area (Å²) in [6.45, 7) is 0.620. The van der Waals surface area contributed by atoms with Crippen LogP contribution in [0.3, 0.4) is 0 Å². The molecule has 1 heterocycles. The van der Waals surface area contributed by atoms with Crippen LogP contribution < -0.4 is 11.1 Å². The van der Waals surface area contributed by atoms with Crippen molar-refractivity contribution >= 4 is 23.0 Å². The molecule has 0 aliphatic carbocycles. The predicted octanol–water partition coefficient (Wildman–Crippen LogP) is 2.67. The van der Waals surface area contributed by atoms with Gasteiger partial charge in [0.2, 0.25) is 0 Å². The number of hydrogen-bond donors (Lipinski definition) is 2. The summed E-state index contributed by atoms with van der Waals surface area (Å²) in [5.74, 6) is 0.442. The lowest BCUT2D eigenvalue weighted by molar-refractivity contribution is 1.07. The number of nitrogens with one attached hydrogen (secondary N) is 1. The fourth-order valence-corrected chi connectivity index (χ4v) is 1.93. The topological polar surface area (TPSA) is 50.4 Å². The molecule has 0 aliphatic rings. The molecule has 16 heavy (non-hydrogen) atoms. The summed E-state index contributed by atoms with van der Waals surface area (Å²) in [5.41, 5.74) is 7.90. The van der Waals surface area contributed by atoms with Gasteiger partial charge in [-0.15, -0.1) is 0 Å². The lowest BCUT2D eigenvalue weighted by atomic mass is 10.3. The van der Waals surface area contributed by atoms with Gasteiger partial charge in [-0.2, -0.15) is 11.3 Å². The molecule has 2 rings (SSSR count). The van der Waals surface area contributed by atoms with E-state index in [-0.39, 0.29) is 0 Å². The fourth-order valence-electron chi connectivity index (χ4n) is 1.27. The predicted molar refractivity (Wildman–Crippen MR) is 69.7 cm³/mol. The molecule has 3 N–H and O–H groups in total.